The van der Waals surface area contributed by atoms with E-state index < -0.39 is 0 Å². The predicted molar refractivity (Wildman–Crippen MR) is 71.3 cm³/mol. The highest BCUT2D eigenvalue weighted by Crippen LogP contribution is 2.34. The Balaban J connectivity index is 2.43. The van der Waals surface area contributed by atoms with E-state index in [0.717, 1.165) is 5.56 Å². The van der Waals surface area contributed by atoms with Gasteiger partial charge in [-0.15, -0.1) is 0 Å². The summed E-state index contributed by atoms with van der Waals surface area (Å²) in [5.74, 6) is -0.149. The molecule has 4 nitrogen and oxygen atoms in total. The number of carbonyl (C=O) groups is 1. The number of benzene rings is 1. The van der Waals surface area contributed by atoms with Gasteiger partial charge in [-0.05, 0) is 12.1 Å². The summed E-state index contributed by atoms with van der Waals surface area (Å²) in [5, 5.41) is 4.43. The van der Waals surface area contributed by atoms with Crippen LogP contribution in [0, 0.1) is 0 Å². The number of anilines is 2. The Morgan fingerprint density at radius 1 is 1.41 bits per heavy atom. The lowest BCUT2D eigenvalue weighted by atomic mass is 10.2. The van der Waals surface area contributed by atoms with Gasteiger partial charge < -0.3 is 11.1 Å². The number of hydrogen-bond donors (Lipinski definition) is 2. The lowest BCUT2D eigenvalue weighted by molar-refractivity contribution is -0.114. The quantitative estimate of drug-likeness (QED) is 0.879. The van der Waals surface area contributed by atoms with Crippen molar-refractivity contribution >= 4 is 39.0 Å². The number of nitrogens with two attached hydrogens (primary N) is 1. The lowest BCUT2D eigenvalue weighted by Crippen LogP contribution is -2.05. The highest BCUT2D eigenvalue weighted by molar-refractivity contribution is 7.20. The van der Waals surface area contributed by atoms with E-state index in [2.05, 4.69) is 10.3 Å². The van der Waals surface area contributed by atoms with Gasteiger partial charge in [0.05, 0.1) is 0 Å². The zero-order valence-electron chi connectivity index (χ0n) is 9.03. The Hall–Kier alpha value is -1.59. The molecule has 1 aromatic heterocycles. The molecule has 0 saturated heterocycles. The summed E-state index contributed by atoms with van der Waals surface area (Å²) in [6.07, 6.45) is 0. The van der Waals surface area contributed by atoms with Gasteiger partial charge in [-0.3, -0.25) is 4.79 Å². The van der Waals surface area contributed by atoms with Crippen LogP contribution in [0.1, 0.15) is 6.92 Å². The van der Waals surface area contributed by atoms with Gasteiger partial charge in [-0.1, -0.05) is 35.1 Å². The summed E-state index contributed by atoms with van der Waals surface area (Å²) in [7, 11) is 0. The smallest absolute Gasteiger partial charge is 0.221 e. The van der Waals surface area contributed by atoms with Crippen LogP contribution in [0.2, 0.25) is 5.02 Å². The number of rotatable bonds is 2. The molecule has 1 aromatic carbocycles. The molecule has 6 heteroatoms. The van der Waals surface area contributed by atoms with Crippen molar-refractivity contribution in [2.24, 2.45) is 0 Å². The van der Waals surface area contributed by atoms with Crippen molar-refractivity contribution in [3.8, 4) is 11.3 Å². The second-order valence-electron chi connectivity index (χ2n) is 3.42. The highest BCUT2D eigenvalue weighted by Gasteiger charge is 2.12. The monoisotopic (exact) mass is 267 g/mol. The van der Waals surface area contributed by atoms with Gasteiger partial charge >= 0.3 is 0 Å². The van der Waals surface area contributed by atoms with E-state index in [-0.39, 0.29) is 5.91 Å². The molecule has 0 aliphatic rings. The van der Waals surface area contributed by atoms with Gasteiger partial charge in [-0.25, -0.2) is 4.98 Å². The molecule has 1 amide bonds. The molecule has 0 fully saturated rings. The van der Waals surface area contributed by atoms with Crippen LogP contribution >= 0.6 is 22.9 Å². The van der Waals surface area contributed by atoms with Gasteiger partial charge in [0, 0.05) is 17.5 Å². The summed E-state index contributed by atoms with van der Waals surface area (Å²) in [6.45, 7) is 1.45. The molecule has 0 unspecified atom stereocenters. The molecule has 0 bridgehead atoms. The fraction of sp³-hybridized carbons (Fsp3) is 0.0909. The SMILES string of the molecule is CC(=O)Nc1sc(N)nc1-c1ccc(Cl)cc1. The molecule has 0 saturated carbocycles. The van der Waals surface area contributed by atoms with Gasteiger partial charge in [0.2, 0.25) is 5.91 Å². The first-order valence-corrected chi connectivity index (χ1v) is 6.05. The van der Waals surface area contributed by atoms with Crippen LogP contribution in [-0.2, 0) is 4.79 Å². The predicted octanol–water partition coefficient (Wildman–Crippen LogP) is 3.00. The minimum atomic E-state index is -0.149. The first-order chi connectivity index (χ1) is 8.06. The molecule has 2 rings (SSSR count). The van der Waals surface area contributed by atoms with E-state index in [1.807, 2.05) is 12.1 Å². The fourth-order valence-electron chi connectivity index (χ4n) is 1.38. The Morgan fingerprint density at radius 2 is 2.06 bits per heavy atom. The zero-order chi connectivity index (χ0) is 12.4. The fourth-order valence-corrected chi connectivity index (χ4v) is 2.31. The standard InChI is InChI=1S/C11H10ClN3OS/c1-6(16)14-10-9(15-11(13)17-10)7-2-4-8(12)5-3-7/h2-5H,1H3,(H2,13,15)(H,14,16). The van der Waals surface area contributed by atoms with Crippen LogP contribution in [-0.4, -0.2) is 10.9 Å². The number of hydrogen-bond acceptors (Lipinski definition) is 4. The second kappa shape index (κ2) is 4.73. The topological polar surface area (TPSA) is 68.0 Å². The molecule has 0 spiro atoms. The van der Waals surface area contributed by atoms with Gasteiger partial charge in [-0.2, -0.15) is 0 Å². The average Bonchev–Trinajstić information content (AvgIpc) is 2.59. The van der Waals surface area contributed by atoms with E-state index >= 15 is 0 Å². The van der Waals surface area contributed by atoms with Gasteiger partial charge in [0.15, 0.2) is 5.13 Å². The van der Waals surface area contributed by atoms with Gasteiger partial charge in [0.25, 0.3) is 0 Å². The maximum atomic E-state index is 11.1. The number of thiazole rings is 1. The minimum absolute atomic E-state index is 0.149. The maximum Gasteiger partial charge on any atom is 0.221 e. The summed E-state index contributed by atoms with van der Waals surface area (Å²) >= 11 is 7.06. The number of nitrogens with zero attached hydrogens (tertiary/aromatic N) is 1. The molecule has 0 atom stereocenters. The molecule has 0 aliphatic carbocycles. The van der Waals surface area contributed by atoms with Crippen LogP contribution in [0.5, 0.6) is 0 Å². The molecule has 17 heavy (non-hydrogen) atoms. The summed E-state index contributed by atoms with van der Waals surface area (Å²) in [6, 6.07) is 7.21. The van der Waals surface area contributed by atoms with E-state index in [1.165, 1.54) is 18.3 Å². The first-order valence-electron chi connectivity index (χ1n) is 4.86. The Labute approximate surface area is 107 Å². The van der Waals surface area contributed by atoms with Crippen LogP contribution in [0.4, 0.5) is 10.1 Å². The zero-order valence-corrected chi connectivity index (χ0v) is 10.6. The van der Waals surface area contributed by atoms with E-state index in [4.69, 9.17) is 17.3 Å². The summed E-state index contributed by atoms with van der Waals surface area (Å²) < 4.78 is 0. The normalized spacial score (nSPS) is 10.2. The molecule has 3 N–H and O–H groups in total. The van der Waals surface area contributed by atoms with Crippen molar-refractivity contribution in [3.63, 3.8) is 0 Å². The molecule has 0 radical (unpaired) electrons. The third-order valence-corrected chi connectivity index (χ3v) is 3.10. The van der Waals surface area contributed by atoms with Crippen molar-refractivity contribution < 1.29 is 4.79 Å². The van der Waals surface area contributed by atoms with Crippen molar-refractivity contribution in [1.82, 2.24) is 4.98 Å². The molecule has 88 valence electrons. The van der Waals surface area contributed by atoms with Crippen molar-refractivity contribution in [3.05, 3.63) is 29.3 Å². The van der Waals surface area contributed by atoms with Crippen LogP contribution in [0.15, 0.2) is 24.3 Å². The number of nitrogen functional groups attached to an aromatic ring is 1. The van der Waals surface area contributed by atoms with Crippen LogP contribution in [0.25, 0.3) is 11.3 Å². The molecule has 2 aromatic rings. The Morgan fingerprint density at radius 3 is 2.65 bits per heavy atom. The Kier molecular flexibility index (Phi) is 3.31. The third-order valence-electron chi connectivity index (χ3n) is 2.05. The van der Waals surface area contributed by atoms with E-state index in [9.17, 15) is 4.79 Å². The number of halogens is 1. The van der Waals surface area contributed by atoms with Crippen molar-refractivity contribution in [1.29, 1.82) is 0 Å². The first kappa shape index (κ1) is 11.9. The van der Waals surface area contributed by atoms with Crippen LogP contribution in [0.3, 0.4) is 0 Å². The second-order valence-corrected chi connectivity index (χ2v) is 4.88. The van der Waals surface area contributed by atoms with Gasteiger partial charge in [0.1, 0.15) is 10.7 Å². The van der Waals surface area contributed by atoms with Crippen molar-refractivity contribution in [2.75, 3.05) is 11.1 Å². The Bertz CT molecular complexity index is 550. The number of carbonyl (C=O) groups excluding carboxylic acids is 1. The summed E-state index contributed by atoms with van der Waals surface area (Å²) in [5.41, 5.74) is 7.19. The number of amides is 1. The average molecular weight is 268 g/mol. The van der Waals surface area contributed by atoms with E-state index in [0.29, 0.717) is 20.8 Å². The number of aromatic nitrogens is 1. The molecule has 0 aliphatic heterocycles. The summed E-state index contributed by atoms with van der Waals surface area (Å²) in [4.78, 5) is 15.3. The largest absolute Gasteiger partial charge is 0.375 e. The highest BCUT2D eigenvalue weighted by atomic mass is 35.5. The third kappa shape index (κ3) is 2.75. The van der Waals surface area contributed by atoms with Crippen LogP contribution < -0.4 is 11.1 Å². The molecule has 1 heterocycles. The maximum absolute atomic E-state index is 11.1. The number of nitrogens with one attached hydrogen (secondary N) is 1. The van der Waals surface area contributed by atoms with Crippen molar-refractivity contribution in [2.45, 2.75) is 6.92 Å². The molecular weight excluding hydrogens is 258 g/mol. The minimum Gasteiger partial charge on any atom is -0.375 e. The van der Waals surface area contributed by atoms with E-state index in [1.54, 1.807) is 12.1 Å². The lowest BCUT2D eigenvalue weighted by Gasteiger charge is -2.02. The molecular formula is C11H10ClN3OS.